The Morgan fingerprint density at radius 2 is 1.84 bits per heavy atom. The Bertz CT molecular complexity index is 660. The van der Waals surface area contributed by atoms with Gasteiger partial charge in [-0.15, -0.1) is 24.0 Å². The minimum Gasteiger partial charge on any atom is -0.396 e. The molecule has 7 heteroatoms. The molecule has 0 aliphatic carbocycles. The minimum atomic E-state index is 0. The molecule has 176 valence electrons. The third-order valence-electron chi connectivity index (χ3n) is 6.67. The van der Waals surface area contributed by atoms with Crippen LogP contribution in [0.4, 0.5) is 5.69 Å². The number of likely N-dealkylation sites (N-methyl/N-ethyl adjacent to an activating group) is 2. The number of aliphatic hydroxyl groups is 1. The highest BCUT2D eigenvalue weighted by atomic mass is 127. The predicted molar refractivity (Wildman–Crippen MR) is 142 cm³/mol. The summed E-state index contributed by atoms with van der Waals surface area (Å²) in [6.45, 7) is 11.8. The van der Waals surface area contributed by atoms with Crippen molar-refractivity contribution in [3.8, 4) is 0 Å². The van der Waals surface area contributed by atoms with Gasteiger partial charge in [0.25, 0.3) is 0 Å². The maximum Gasteiger partial charge on any atom is 0.194 e. The van der Waals surface area contributed by atoms with Crippen LogP contribution in [-0.4, -0.2) is 79.8 Å². The van der Waals surface area contributed by atoms with Gasteiger partial charge in [0.05, 0.1) is 6.54 Å². The van der Waals surface area contributed by atoms with Crippen LogP contribution in [0.1, 0.15) is 45.1 Å². The fourth-order valence-corrected chi connectivity index (χ4v) is 4.74. The molecular weight excluding hydrogens is 501 g/mol. The van der Waals surface area contributed by atoms with Crippen LogP contribution >= 0.6 is 24.0 Å². The molecule has 2 heterocycles. The van der Waals surface area contributed by atoms with Crippen molar-refractivity contribution in [2.75, 3.05) is 57.8 Å². The Morgan fingerprint density at radius 1 is 1.13 bits per heavy atom. The average Bonchev–Trinajstić information content (AvgIpc) is 3.24. The number of likely N-dealkylation sites (tertiary alicyclic amines) is 1. The van der Waals surface area contributed by atoms with Crippen LogP contribution in [0, 0.1) is 5.92 Å². The zero-order chi connectivity index (χ0) is 21.3. The number of anilines is 1. The summed E-state index contributed by atoms with van der Waals surface area (Å²) >= 11 is 0. The van der Waals surface area contributed by atoms with Gasteiger partial charge in [-0.25, -0.2) is 4.99 Å². The number of benzene rings is 1. The van der Waals surface area contributed by atoms with Crippen LogP contribution in [0.5, 0.6) is 0 Å². The number of hydrogen-bond acceptors (Lipinski definition) is 4. The standard InChI is InChI=1S/C24H41N5O.HI/c1-4-25-24(27(3)18-23-7-6-14-28(23)5-2)26-17-20-8-10-22(11-9-20)29-15-12-21(19-30)13-16-29;/h8-11,21,23,30H,4-7,12-19H2,1-3H3,(H,25,26);1H. The third kappa shape index (κ3) is 7.49. The van der Waals surface area contributed by atoms with Gasteiger partial charge in [-0.1, -0.05) is 19.1 Å². The first kappa shape index (κ1) is 26.2. The van der Waals surface area contributed by atoms with E-state index in [1.165, 1.54) is 30.6 Å². The molecule has 0 spiro atoms. The molecule has 0 aromatic heterocycles. The third-order valence-corrected chi connectivity index (χ3v) is 6.67. The minimum absolute atomic E-state index is 0. The summed E-state index contributed by atoms with van der Waals surface area (Å²) in [5, 5.41) is 12.8. The van der Waals surface area contributed by atoms with Crippen molar-refractivity contribution < 1.29 is 5.11 Å². The Labute approximate surface area is 206 Å². The second-order valence-electron chi connectivity index (χ2n) is 8.75. The summed E-state index contributed by atoms with van der Waals surface area (Å²) in [5.74, 6) is 1.47. The number of rotatable bonds is 8. The molecule has 31 heavy (non-hydrogen) atoms. The second kappa shape index (κ2) is 13.5. The van der Waals surface area contributed by atoms with Crippen LogP contribution in [0.15, 0.2) is 29.3 Å². The zero-order valence-electron chi connectivity index (χ0n) is 19.6. The molecule has 0 saturated carbocycles. The summed E-state index contributed by atoms with van der Waals surface area (Å²) < 4.78 is 0. The number of guanidine groups is 1. The quantitative estimate of drug-likeness (QED) is 0.299. The fraction of sp³-hybridized carbons (Fsp3) is 0.708. The Morgan fingerprint density at radius 3 is 2.45 bits per heavy atom. The molecule has 2 saturated heterocycles. The number of aliphatic hydroxyl groups excluding tert-OH is 1. The first-order chi connectivity index (χ1) is 14.6. The van der Waals surface area contributed by atoms with E-state index in [0.29, 0.717) is 25.1 Å². The zero-order valence-corrected chi connectivity index (χ0v) is 21.9. The van der Waals surface area contributed by atoms with Gasteiger partial charge in [-0.3, -0.25) is 4.90 Å². The van der Waals surface area contributed by atoms with Gasteiger partial charge in [-0.2, -0.15) is 0 Å². The normalized spacial score (nSPS) is 20.6. The molecule has 0 radical (unpaired) electrons. The molecule has 1 atom stereocenters. The van der Waals surface area contributed by atoms with Crippen molar-refractivity contribution in [2.24, 2.45) is 10.9 Å². The Kier molecular flexibility index (Phi) is 11.4. The molecule has 1 unspecified atom stereocenters. The summed E-state index contributed by atoms with van der Waals surface area (Å²) in [6, 6.07) is 9.49. The van der Waals surface area contributed by atoms with Crippen molar-refractivity contribution >= 4 is 35.6 Å². The van der Waals surface area contributed by atoms with Gasteiger partial charge >= 0.3 is 0 Å². The molecule has 2 aliphatic heterocycles. The van der Waals surface area contributed by atoms with E-state index >= 15 is 0 Å². The molecule has 0 bridgehead atoms. The van der Waals surface area contributed by atoms with Crippen molar-refractivity contribution in [3.63, 3.8) is 0 Å². The Balaban J connectivity index is 0.00000341. The lowest BCUT2D eigenvalue weighted by Crippen LogP contribution is -2.45. The van der Waals surface area contributed by atoms with Gasteiger partial charge in [0, 0.05) is 51.6 Å². The number of halogens is 1. The van der Waals surface area contributed by atoms with Crippen LogP contribution < -0.4 is 10.2 Å². The predicted octanol–water partition coefficient (Wildman–Crippen LogP) is 3.39. The first-order valence-electron chi connectivity index (χ1n) is 11.8. The molecule has 3 rings (SSSR count). The van der Waals surface area contributed by atoms with Crippen molar-refractivity contribution in [1.29, 1.82) is 0 Å². The Hall–Kier alpha value is -1.06. The van der Waals surface area contributed by atoms with E-state index in [-0.39, 0.29) is 24.0 Å². The van der Waals surface area contributed by atoms with E-state index in [1.807, 2.05) is 0 Å². The average molecular weight is 544 g/mol. The highest BCUT2D eigenvalue weighted by molar-refractivity contribution is 14.0. The largest absolute Gasteiger partial charge is 0.396 e. The lowest BCUT2D eigenvalue weighted by molar-refractivity contribution is 0.203. The SMILES string of the molecule is CCNC(=NCc1ccc(N2CCC(CO)CC2)cc1)N(C)CC1CCCN1CC.I. The summed E-state index contributed by atoms with van der Waals surface area (Å²) in [7, 11) is 2.16. The van der Waals surface area contributed by atoms with E-state index < -0.39 is 0 Å². The van der Waals surface area contributed by atoms with Crippen molar-refractivity contribution in [1.82, 2.24) is 15.1 Å². The lowest BCUT2D eigenvalue weighted by Gasteiger charge is -2.33. The van der Waals surface area contributed by atoms with Crippen LogP contribution in [0.3, 0.4) is 0 Å². The first-order valence-corrected chi connectivity index (χ1v) is 11.8. The molecule has 1 aromatic carbocycles. The number of nitrogens with one attached hydrogen (secondary N) is 1. The van der Waals surface area contributed by atoms with Gasteiger partial charge in [0.1, 0.15) is 0 Å². The number of piperidine rings is 1. The molecule has 2 N–H and O–H groups in total. The number of nitrogens with zero attached hydrogens (tertiary/aromatic N) is 4. The van der Waals surface area contributed by atoms with Crippen molar-refractivity contribution in [3.05, 3.63) is 29.8 Å². The molecule has 0 amide bonds. The van der Waals surface area contributed by atoms with Crippen LogP contribution in [-0.2, 0) is 6.54 Å². The molecule has 6 nitrogen and oxygen atoms in total. The topological polar surface area (TPSA) is 54.3 Å². The van der Waals surface area contributed by atoms with E-state index in [1.54, 1.807) is 0 Å². The monoisotopic (exact) mass is 543 g/mol. The molecule has 2 aliphatic rings. The van der Waals surface area contributed by atoms with E-state index in [0.717, 1.165) is 51.5 Å². The van der Waals surface area contributed by atoms with Gasteiger partial charge in [0.2, 0.25) is 0 Å². The number of hydrogen-bond donors (Lipinski definition) is 2. The van der Waals surface area contributed by atoms with Crippen molar-refractivity contribution in [2.45, 2.75) is 52.1 Å². The molecule has 2 fully saturated rings. The summed E-state index contributed by atoms with van der Waals surface area (Å²) in [6.07, 6.45) is 4.76. The second-order valence-corrected chi connectivity index (χ2v) is 8.75. The molecule has 1 aromatic rings. The van der Waals surface area contributed by atoms with E-state index in [9.17, 15) is 5.11 Å². The maximum absolute atomic E-state index is 9.33. The maximum atomic E-state index is 9.33. The van der Waals surface area contributed by atoms with Crippen LogP contribution in [0.2, 0.25) is 0 Å². The number of aliphatic imine (C=N–C) groups is 1. The van der Waals surface area contributed by atoms with E-state index in [4.69, 9.17) is 4.99 Å². The van der Waals surface area contributed by atoms with Gasteiger partial charge in [-0.05, 0) is 69.3 Å². The summed E-state index contributed by atoms with van der Waals surface area (Å²) in [5.41, 5.74) is 2.52. The molecular formula is C24H42IN5O. The smallest absolute Gasteiger partial charge is 0.194 e. The summed E-state index contributed by atoms with van der Waals surface area (Å²) in [4.78, 5) is 12.2. The van der Waals surface area contributed by atoms with Crippen LogP contribution in [0.25, 0.3) is 0 Å². The highest BCUT2D eigenvalue weighted by Crippen LogP contribution is 2.23. The lowest BCUT2D eigenvalue weighted by atomic mass is 9.97. The fourth-order valence-electron chi connectivity index (χ4n) is 4.74. The van der Waals surface area contributed by atoms with Gasteiger partial charge in [0.15, 0.2) is 5.96 Å². The highest BCUT2D eigenvalue weighted by Gasteiger charge is 2.25. The van der Waals surface area contributed by atoms with E-state index in [2.05, 4.69) is 65.2 Å². The van der Waals surface area contributed by atoms with Gasteiger partial charge < -0.3 is 20.2 Å².